The summed E-state index contributed by atoms with van der Waals surface area (Å²) in [7, 11) is 0. The zero-order valence-corrected chi connectivity index (χ0v) is 11.9. The number of halogens is 1. The van der Waals surface area contributed by atoms with Gasteiger partial charge in [-0.05, 0) is 36.8 Å². The molecular weight excluding hydrogens is 285 g/mol. The first-order valence-corrected chi connectivity index (χ1v) is 6.84. The van der Waals surface area contributed by atoms with Crippen LogP contribution in [0.25, 0.3) is 0 Å². The number of Topliss-reactive ketones (excluding diaryl/α,β-unsaturated/α-hetero) is 1. The van der Waals surface area contributed by atoms with Crippen molar-refractivity contribution < 1.29 is 19.1 Å². The summed E-state index contributed by atoms with van der Waals surface area (Å²) in [6.45, 7) is 1.81. The van der Waals surface area contributed by atoms with Crippen LogP contribution in [0.2, 0.25) is 0 Å². The Hall–Kier alpha value is -2.53. The molecule has 1 atom stereocenters. The number of aryl methyl sites for hydroxylation is 1. The van der Waals surface area contributed by atoms with Crippen molar-refractivity contribution in [2.75, 3.05) is 5.32 Å². The number of fused-ring (bicyclic) bond motifs is 1. The number of amides is 1. The fourth-order valence-electron chi connectivity index (χ4n) is 2.66. The summed E-state index contributed by atoms with van der Waals surface area (Å²) >= 11 is 0. The molecule has 0 aliphatic carbocycles. The Kier molecular flexibility index (Phi) is 3.30. The lowest BCUT2D eigenvalue weighted by molar-refractivity contribution is -0.133. The van der Waals surface area contributed by atoms with Crippen molar-refractivity contribution in [3.8, 4) is 0 Å². The van der Waals surface area contributed by atoms with Crippen LogP contribution in [0.1, 0.15) is 27.9 Å². The third-order valence-electron chi connectivity index (χ3n) is 3.92. The summed E-state index contributed by atoms with van der Waals surface area (Å²) in [5, 5.41) is 13.3. The summed E-state index contributed by atoms with van der Waals surface area (Å²) in [4.78, 5) is 24.4. The van der Waals surface area contributed by atoms with Gasteiger partial charge < -0.3 is 10.4 Å². The molecule has 0 radical (unpaired) electrons. The predicted octanol–water partition coefficient (Wildman–Crippen LogP) is 2.55. The van der Waals surface area contributed by atoms with Crippen LogP contribution in [0.4, 0.5) is 10.1 Å². The minimum absolute atomic E-state index is 0.253. The topological polar surface area (TPSA) is 66.4 Å². The quantitative estimate of drug-likeness (QED) is 0.856. The van der Waals surface area contributed by atoms with Gasteiger partial charge in [0.25, 0.3) is 5.91 Å². The van der Waals surface area contributed by atoms with Crippen molar-refractivity contribution in [3.63, 3.8) is 0 Å². The van der Waals surface area contributed by atoms with Crippen molar-refractivity contribution in [1.82, 2.24) is 0 Å². The van der Waals surface area contributed by atoms with E-state index >= 15 is 0 Å². The lowest BCUT2D eigenvalue weighted by Crippen LogP contribution is -2.36. The molecular formula is C17H14FNO3. The highest BCUT2D eigenvalue weighted by Crippen LogP contribution is 2.40. The summed E-state index contributed by atoms with van der Waals surface area (Å²) in [5.41, 5.74) is 0.113. The second kappa shape index (κ2) is 5.03. The molecule has 1 aliphatic rings. The summed E-state index contributed by atoms with van der Waals surface area (Å²) in [6, 6.07) is 10.2. The molecule has 0 spiro atoms. The zero-order chi connectivity index (χ0) is 15.9. The third kappa shape index (κ3) is 2.19. The van der Waals surface area contributed by atoms with Crippen LogP contribution in [-0.2, 0) is 10.4 Å². The van der Waals surface area contributed by atoms with E-state index in [1.165, 1.54) is 24.3 Å². The molecule has 0 saturated heterocycles. The Morgan fingerprint density at radius 2 is 1.91 bits per heavy atom. The number of carbonyl (C=O) groups is 2. The van der Waals surface area contributed by atoms with E-state index in [0.29, 0.717) is 11.3 Å². The number of aliphatic hydroxyl groups is 1. The van der Waals surface area contributed by atoms with E-state index in [1.54, 1.807) is 12.1 Å². The third-order valence-corrected chi connectivity index (χ3v) is 3.92. The molecule has 2 N–H and O–H groups in total. The van der Waals surface area contributed by atoms with E-state index in [4.69, 9.17) is 0 Å². The normalized spacial score (nSPS) is 19.7. The van der Waals surface area contributed by atoms with Crippen molar-refractivity contribution in [3.05, 3.63) is 65.0 Å². The van der Waals surface area contributed by atoms with Crippen LogP contribution < -0.4 is 5.32 Å². The molecule has 1 aliphatic heterocycles. The summed E-state index contributed by atoms with van der Waals surface area (Å²) in [6.07, 6.45) is -0.388. The lowest BCUT2D eigenvalue weighted by Gasteiger charge is -2.20. The Bertz CT molecular complexity index is 770. The Labute approximate surface area is 126 Å². The Morgan fingerprint density at radius 3 is 2.59 bits per heavy atom. The number of benzene rings is 2. The van der Waals surface area contributed by atoms with Gasteiger partial charge in [0.1, 0.15) is 5.82 Å². The molecule has 2 aromatic rings. The average Bonchev–Trinajstić information content (AvgIpc) is 2.73. The number of carbonyl (C=O) groups excluding carboxylic acids is 2. The second-order valence-electron chi connectivity index (χ2n) is 5.42. The van der Waals surface area contributed by atoms with Gasteiger partial charge in [0.2, 0.25) is 0 Å². The summed E-state index contributed by atoms with van der Waals surface area (Å²) in [5.74, 6) is -1.49. The molecule has 22 heavy (non-hydrogen) atoms. The van der Waals surface area contributed by atoms with Gasteiger partial charge in [0.15, 0.2) is 11.4 Å². The summed E-state index contributed by atoms with van der Waals surface area (Å²) < 4.78 is 12.9. The van der Waals surface area contributed by atoms with Gasteiger partial charge in [-0.1, -0.05) is 18.2 Å². The van der Waals surface area contributed by atoms with Crippen molar-refractivity contribution in [1.29, 1.82) is 0 Å². The number of hydrogen-bond donors (Lipinski definition) is 2. The van der Waals surface area contributed by atoms with E-state index < -0.39 is 23.1 Å². The highest BCUT2D eigenvalue weighted by Gasteiger charge is 2.47. The number of hydrogen-bond acceptors (Lipinski definition) is 3. The molecule has 0 aromatic heterocycles. The highest BCUT2D eigenvalue weighted by atomic mass is 19.1. The lowest BCUT2D eigenvalue weighted by atomic mass is 9.87. The smallest absolute Gasteiger partial charge is 0.261 e. The van der Waals surface area contributed by atoms with Crippen LogP contribution in [0.15, 0.2) is 42.5 Å². The highest BCUT2D eigenvalue weighted by molar-refractivity contribution is 6.09. The number of nitrogens with one attached hydrogen (secondary N) is 1. The minimum atomic E-state index is -1.90. The van der Waals surface area contributed by atoms with Crippen LogP contribution in [0, 0.1) is 12.7 Å². The van der Waals surface area contributed by atoms with Crippen LogP contribution in [-0.4, -0.2) is 16.8 Å². The molecule has 112 valence electrons. The van der Waals surface area contributed by atoms with Crippen molar-refractivity contribution >= 4 is 17.4 Å². The van der Waals surface area contributed by atoms with Gasteiger partial charge in [-0.25, -0.2) is 4.39 Å². The van der Waals surface area contributed by atoms with Crippen LogP contribution in [0.5, 0.6) is 0 Å². The van der Waals surface area contributed by atoms with Crippen LogP contribution in [0.3, 0.4) is 0 Å². The van der Waals surface area contributed by atoms with E-state index in [0.717, 1.165) is 5.56 Å². The van der Waals surface area contributed by atoms with Crippen molar-refractivity contribution in [2.45, 2.75) is 18.9 Å². The molecule has 5 heteroatoms. The second-order valence-corrected chi connectivity index (χ2v) is 5.42. The first-order chi connectivity index (χ1) is 10.4. The molecule has 4 nitrogen and oxygen atoms in total. The van der Waals surface area contributed by atoms with E-state index in [9.17, 15) is 19.1 Å². The maximum Gasteiger partial charge on any atom is 0.261 e. The fraction of sp³-hybridized carbons (Fsp3) is 0.176. The van der Waals surface area contributed by atoms with Gasteiger partial charge in [-0.2, -0.15) is 0 Å². The van der Waals surface area contributed by atoms with Gasteiger partial charge in [-0.3, -0.25) is 9.59 Å². The van der Waals surface area contributed by atoms with E-state index in [-0.39, 0.29) is 12.0 Å². The molecule has 0 bridgehead atoms. The molecule has 0 unspecified atom stereocenters. The molecule has 1 heterocycles. The Morgan fingerprint density at radius 1 is 1.23 bits per heavy atom. The van der Waals surface area contributed by atoms with E-state index in [1.807, 2.05) is 13.0 Å². The first-order valence-electron chi connectivity index (χ1n) is 6.84. The Balaban J connectivity index is 1.95. The maximum atomic E-state index is 12.9. The van der Waals surface area contributed by atoms with Gasteiger partial charge in [-0.15, -0.1) is 0 Å². The molecule has 1 amide bonds. The molecule has 2 aromatic carbocycles. The monoisotopic (exact) mass is 299 g/mol. The average molecular weight is 299 g/mol. The molecule has 0 saturated carbocycles. The first kappa shape index (κ1) is 14.4. The van der Waals surface area contributed by atoms with Gasteiger partial charge in [0.05, 0.1) is 12.1 Å². The maximum absolute atomic E-state index is 12.9. The molecule has 3 rings (SSSR count). The minimum Gasteiger partial charge on any atom is -0.375 e. The zero-order valence-electron chi connectivity index (χ0n) is 11.9. The predicted molar refractivity (Wildman–Crippen MR) is 79.1 cm³/mol. The van der Waals surface area contributed by atoms with Crippen LogP contribution >= 0.6 is 0 Å². The number of anilines is 1. The van der Waals surface area contributed by atoms with Gasteiger partial charge in [0, 0.05) is 11.1 Å². The fourth-order valence-corrected chi connectivity index (χ4v) is 2.66. The number of para-hydroxylation sites is 1. The number of ketones is 1. The standard InChI is InChI=1S/C17H14FNO3/c1-10-3-2-4-13-15(10)19-16(21)17(13,22)9-14(20)11-5-7-12(18)8-6-11/h2-8,22H,9H2,1H3,(H,19,21)/t17-/m1/s1. The van der Waals surface area contributed by atoms with E-state index in [2.05, 4.69) is 5.32 Å². The van der Waals surface area contributed by atoms with Crippen molar-refractivity contribution in [2.24, 2.45) is 0 Å². The number of rotatable bonds is 3. The van der Waals surface area contributed by atoms with Gasteiger partial charge >= 0.3 is 0 Å². The SMILES string of the molecule is Cc1cccc2c1NC(=O)[C@@]2(O)CC(=O)c1ccc(F)cc1. The largest absolute Gasteiger partial charge is 0.375 e. The molecule has 0 fully saturated rings.